The third kappa shape index (κ3) is 4.24. The molecule has 6 nitrogen and oxygen atoms in total. The fourth-order valence-electron chi connectivity index (χ4n) is 2.95. The highest BCUT2D eigenvalue weighted by Crippen LogP contribution is 2.20. The molecule has 0 aliphatic carbocycles. The first-order chi connectivity index (χ1) is 12.6. The number of piperazine rings is 1. The maximum absolute atomic E-state index is 14.0. The molecule has 1 aromatic carbocycles. The summed E-state index contributed by atoms with van der Waals surface area (Å²) in [4.78, 5) is 15.3. The van der Waals surface area contributed by atoms with Gasteiger partial charge in [-0.1, -0.05) is 12.1 Å². The highest BCUT2D eigenvalue weighted by Gasteiger charge is 2.21. The number of thiazole rings is 1. The van der Waals surface area contributed by atoms with E-state index in [2.05, 4.69) is 30.5 Å². The topological polar surface area (TPSA) is 47.0 Å². The minimum Gasteiger partial charge on any atom is -0.366 e. The lowest BCUT2D eigenvalue weighted by atomic mass is 10.2. The van der Waals surface area contributed by atoms with E-state index in [9.17, 15) is 4.39 Å². The third-order valence-electron chi connectivity index (χ3n) is 4.33. The molecule has 0 spiro atoms. The fourth-order valence-corrected chi connectivity index (χ4v) is 3.71. The summed E-state index contributed by atoms with van der Waals surface area (Å²) in [6.45, 7) is 3.78. The van der Waals surface area contributed by atoms with Crippen LogP contribution in [0.4, 0.5) is 15.2 Å². The summed E-state index contributed by atoms with van der Waals surface area (Å²) < 4.78 is 14.0. The van der Waals surface area contributed by atoms with E-state index in [1.807, 2.05) is 31.1 Å². The van der Waals surface area contributed by atoms with Crippen LogP contribution >= 0.6 is 11.3 Å². The SMILES string of the molecule is CN=C(NCc1csc(N(C)C)n1)N1CCN(c2ccccc2F)CC1. The van der Waals surface area contributed by atoms with Crippen molar-refractivity contribution in [2.75, 3.05) is 57.1 Å². The second-order valence-electron chi connectivity index (χ2n) is 6.34. The van der Waals surface area contributed by atoms with Crippen molar-refractivity contribution in [3.63, 3.8) is 0 Å². The van der Waals surface area contributed by atoms with Gasteiger partial charge in [0.25, 0.3) is 0 Å². The molecule has 1 aliphatic rings. The molecular weight excluding hydrogens is 351 g/mol. The average Bonchev–Trinajstić information content (AvgIpc) is 3.13. The van der Waals surface area contributed by atoms with Gasteiger partial charge in [0, 0.05) is 52.7 Å². The monoisotopic (exact) mass is 376 g/mol. The van der Waals surface area contributed by atoms with Gasteiger partial charge < -0.3 is 20.0 Å². The second kappa shape index (κ2) is 8.35. The summed E-state index contributed by atoms with van der Waals surface area (Å²) in [5, 5.41) is 6.44. The molecule has 1 saturated heterocycles. The number of hydrogen-bond acceptors (Lipinski definition) is 5. The molecule has 26 heavy (non-hydrogen) atoms. The lowest BCUT2D eigenvalue weighted by Crippen LogP contribution is -2.52. The standard InChI is InChI=1S/C18H25FN6S/c1-20-17(21-12-14-13-26-18(22-14)23(2)3)25-10-8-24(9-11-25)16-7-5-4-6-15(16)19/h4-7,13H,8-12H2,1-3H3,(H,20,21). The summed E-state index contributed by atoms with van der Waals surface area (Å²) in [5.41, 5.74) is 1.68. The summed E-state index contributed by atoms with van der Waals surface area (Å²) in [5.74, 6) is 0.696. The van der Waals surface area contributed by atoms with Gasteiger partial charge in [-0.3, -0.25) is 4.99 Å². The van der Waals surface area contributed by atoms with Crippen molar-refractivity contribution in [2.45, 2.75) is 6.54 Å². The molecule has 0 amide bonds. The average molecular weight is 377 g/mol. The van der Waals surface area contributed by atoms with Crippen LogP contribution in [0, 0.1) is 5.82 Å². The number of nitrogens with one attached hydrogen (secondary N) is 1. The Hall–Kier alpha value is -2.35. The number of halogens is 1. The largest absolute Gasteiger partial charge is 0.366 e. The summed E-state index contributed by atoms with van der Waals surface area (Å²) in [7, 11) is 5.77. The molecule has 1 aliphatic heterocycles. The summed E-state index contributed by atoms with van der Waals surface area (Å²) >= 11 is 1.63. The number of nitrogens with zero attached hydrogens (tertiary/aromatic N) is 5. The van der Waals surface area contributed by atoms with E-state index >= 15 is 0 Å². The Morgan fingerprint density at radius 3 is 2.62 bits per heavy atom. The van der Waals surface area contributed by atoms with Crippen LogP contribution in [0.5, 0.6) is 0 Å². The van der Waals surface area contributed by atoms with Crippen molar-refractivity contribution in [1.29, 1.82) is 0 Å². The number of hydrogen-bond donors (Lipinski definition) is 1. The van der Waals surface area contributed by atoms with Crippen LogP contribution in [-0.4, -0.2) is 63.2 Å². The highest BCUT2D eigenvalue weighted by atomic mass is 32.1. The number of aliphatic imine (C=N–C) groups is 1. The second-order valence-corrected chi connectivity index (χ2v) is 7.18. The molecule has 0 bridgehead atoms. The molecule has 1 N–H and O–H groups in total. The Labute approximate surface area is 158 Å². The first-order valence-corrected chi connectivity index (χ1v) is 9.53. The molecule has 1 aromatic heterocycles. The maximum Gasteiger partial charge on any atom is 0.194 e. The minimum atomic E-state index is -0.163. The molecule has 2 aromatic rings. The molecule has 140 valence electrons. The van der Waals surface area contributed by atoms with Crippen molar-refractivity contribution >= 4 is 28.1 Å². The van der Waals surface area contributed by atoms with E-state index < -0.39 is 0 Å². The minimum absolute atomic E-state index is 0.163. The van der Waals surface area contributed by atoms with Crippen LogP contribution in [0.2, 0.25) is 0 Å². The normalized spacial score (nSPS) is 15.3. The molecule has 3 rings (SSSR count). The quantitative estimate of drug-likeness (QED) is 0.655. The zero-order valence-corrected chi connectivity index (χ0v) is 16.3. The van der Waals surface area contributed by atoms with E-state index in [1.54, 1.807) is 24.5 Å². The number of aromatic nitrogens is 1. The number of rotatable bonds is 4. The molecule has 0 atom stereocenters. The van der Waals surface area contributed by atoms with Crippen molar-refractivity contribution in [2.24, 2.45) is 4.99 Å². The number of anilines is 2. The van der Waals surface area contributed by atoms with Gasteiger partial charge in [-0.2, -0.15) is 0 Å². The van der Waals surface area contributed by atoms with Gasteiger partial charge in [0.1, 0.15) is 5.82 Å². The van der Waals surface area contributed by atoms with Gasteiger partial charge in [0.05, 0.1) is 17.9 Å². The van der Waals surface area contributed by atoms with Gasteiger partial charge in [0.2, 0.25) is 0 Å². The van der Waals surface area contributed by atoms with E-state index in [4.69, 9.17) is 0 Å². The Morgan fingerprint density at radius 2 is 2.00 bits per heavy atom. The Bertz CT molecular complexity index is 752. The molecule has 0 radical (unpaired) electrons. The van der Waals surface area contributed by atoms with Crippen LogP contribution in [0.3, 0.4) is 0 Å². The van der Waals surface area contributed by atoms with Gasteiger partial charge in [-0.15, -0.1) is 11.3 Å². The lowest BCUT2D eigenvalue weighted by molar-refractivity contribution is 0.370. The van der Waals surface area contributed by atoms with Crippen LogP contribution in [0.25, 0.3) is 0 Å². The smallest absolute Gasteiger partial charge is 0.194 e. The first-order valence-electron chi connectivity index (χ1n) is 8.65. The molecule has 0 saturated carbocycles. The zero-order chi connectivity index (χ0) is 18.5. The van der Waals surface area contributed by atoms with Crippen molar-refractivity contribution in [1.82, 2.24) is 15.2 Å². The predicted molar refractivity (Wildman–Crippen MR) is 107 cm³/mol. The van der Waals surface area contributed by atoms with Gasteiger partial charge in [-0.05, 0) is 12.1 Å². The molecule has 0 unspecified atom stereocenters. The number of benzene rings is 1. The fraction of sp³-hybridized carbons (Fsp3) is 0.444. The van der Waals surface area contributed by atoms with Crippen LogP contribution in [0.15, 0.2) is 34.6 Å². The van der Waals surface area contributed by atoms with E-state index in [1.165, 1.54) is 6.07 Å². The number of guanidine groups is 1. The van der Waals surface area contributed by atoms with Crippen LogP contribution in [0.1, 0.15) is 5.69 Å². The van der Waals surface area contributed by atoms with Gasteiger partial charge >= 0.3 is 0 Å². The zero-order valence-electron chi connectivity index (χ0n) is 15.4. The van der Waals surface area contributed by atoms with Crippen molar-refractivity contribution in [3.8, 4) is 0 Å². The Morgan fingerprint density at radius 1 is 1.27 bits per heavy atom. The van der Waals surface area contributed by atoms with Gasteiger partial charge in [0.15, 0.2) is 11.1 Å². The van der Waals surface area contributed by atoms with Crippen molar-refractivity contribution < 1.29 is 4.39 Å². The lowest BCUT2D eigenvalue weighted by Gasteiger charge is -2.37. The molecule has 2 heterocycles. The third-order valence-corrected chi connectivity index (χ3v) is 5.39. The van der Waals surface area contributed by atoms with Crippen molar-refractivity contribution in [3.05, 3.63) is 41.2 Å². The van der Waals surface area contributed by atoms with E-state index in [-0.39, 0.29) is 5.82 Å². The first kappa shape index (κ1) is 18.4. The Balaban J connectivity index is 1.54. The Kier molecular flexibility index (Phi) is 5.92. The summed E-state index contributed by atoms with van der Waals surface area (Å²) in [6, 6.07) is 6.95. The number of para-hydroxylation sites is 1. The molecular formula is C18H25FN6S. The highest BCUT2D eigenvalue weighted by molar-refractivity contribution is 7.13. The molecule has 1 fully saturated rings. The van der Waals surface area contributed by atoms with E-state index in [0.717, 1.165) is 43.0 Å². The summed E-state index contributed by atoms with van der Waals surface area (Å²) in [6.07, 6.45) is 0. The van der Waals surface area contributed by atoms with E-state index in [0.29, 0.717) is 12.2 Å². The predicted octanol–water partition coefficient (Wildman–Crippen LogP) is 2.25. The van der Waals surface area contributed by atoms with Crippen LogP contribution < -0.4 is 15.1 Å². The van der Waals surface area contributed by atoms with Gasteiger partial charge in [-0.25, -0.2) is 9.37 Å². The maximum atomic E-state index is 14.0. The molecule has 8 heteroatoms. The van der Waals surface area contributed by atoms with Crippen LogP contribution in [-0.2, 0) is 6.54 Å².